The summed E-state index contributed by atoms with van der Waals surface area (Å²) in [6.45, 7) is 6.12. The fraction of sp³-hybridized carbons (Fsp3) is 0.263. The minimum Gasteiger partial charge on any atom is -0.346 e. The zero-order chi connectivity index (χ0) is 19.1. The number of hydrogen-bond donors (Lipinski definition) is 1. The van der Waals surface area contributed by atoms with Crippen molar-refractivity contribution in [1.29, 1.82) is 0 Å². The van der Waals surface area contributed by atoms with Gasteiger partial charge >= 0.3 is 0 Å². The highest BCUT2D eigenvalue weighted by atomic mass is 35.5. The van der Waals surface area contributed by atoms with Gasteiger partial charge < -0.3 is 14.2 Å². The second-order valence-electron chi connectivity index (χ2n) is 6.73. The van der Waals surface area contributed by atoms with Crippen molar-refractivity contribution in [2.75, 3.05) is 0 Å². The Balaban J connectivity index is 1.63. The Morgan fingerprint density at radius 2 is 2.11 bits per heavy atom. The van der Waals surface area contributed by atoms with E-state index in [-0.39, 0.29) is 11.8 Å². The summed E-state index contributed by atoms with van der Waals surface area (Å²) in [7, 11) is 0. The number of aromatic nitrogens is 4. The number of imidazole rings is 1. The normalized spacial score (nSPS) is 11.6. The molecular formula is C19H18ClN5O2. The van der Waals surface area contributed by atoms with Crippen molar-refractivity contribution >= 4 is 34.3 Å². The zero-order valence-corrected chi connectivity index (χ0v) is 15.9. The first-order chi connectivity index (χ1) is 12.9. The third kappa shape index (κ3) is 3.26. The number of carbonyl (C=O) groups excluding carboxylic acids is 1. The van der Waals surface area contributed by atoms with Gasteiger partial charge in [0.15, 0.2) is 0 Å². The van der Waals surface area contributed by atoms with Crippen LogP contribution in [-0.4, -0.2) is 25.4 Å². The molecule has 4 aromatic rings. The molecule has 0 saturated carbocycles. The summed E-state index contributed by atoms with van der Waals surface area (Å²) in [4.78, 5) is 21.8. The van der Waals surface area contributed by atoms with E-state index >= 15 is 0 Å². The predicted octanol–water partition coefficient (Wildman–Crippen LogP) is 3.89. The van der Waals surface area contributed by atoms with Crippen LogP contribution in [0.1, 0.15) is 47.2 Å². The average Bonchev–Trinajstić information content (AvgIpc) is 3.21. The van der Waals surface area contributed by atoms with Crippen molar-refractivity contribution in [3.05, 3.63) is 58.3 Å². The van der Waals surface area contributed by atoms with Crippen LogP contribution in [0.15, 0.2) is 35.1 Å². The average molecular weight is 384 g/mol. The molecule has 27 heavy (non-hydrogen) atoms. The molecule has 0 aliphatic heterocycles. The number of hydrogen-bond acceptors (Lipinski definition) is 5. The summed E-state index contributed by atoms with van der Waals surface area (Å²) >= 11 is 6.00. The van der Waals surface area contributed by atoms with E-state index in [1.807, 2.05) is 30.5 Å². The molecule has 0 unspecified atom stereocenters. The monoisotopic (exact) mass is 383 g/mol. The maximum Gasteiger partial charge on any atom is 0.259 e. The molecule has 4 rings (SSSR count). The molecule has 1 N–H and O–H groups in total. The van der Waals surface area contributed by atoms with E-state index in [9.17, 15) is 4.79 Å². The highest BCUT2D eigenvalue weighted by Crippen LogP contribution is 2.25. The number of fused-ring (bicyclic) bond motifs is 2. The first-order valence-corrected chi connectivity index (χ1v) is 8.98. The first-order valence-electron chi connectivity index (χ1n) is 8.60. The molecule has 0 atom stereocenters. The SMILES string of the molecule is Cc1noc2nc(C(C)C)cc(C(=O)NCc3cn4cc(Cl)ccc4n3)c12. The summed E-state index contributed by atoms with van der Waals surface area (Å²) in [6, 6.07) is 5.41. The lowest BCUT2D eigenvalue weighted by Crippen LogP contribution is -2.23. The number of halogens is 1. The fourth-order valence-electron chi connectivity index (χ4n) is 2.96. The van der Waals surface area contributed by atoms with Crippen LogP contribution in [0, 0.1) is 6.92 Å². The van der Waals surface area contributed by atoms with Gasteiger partial charge in [0, 0.05) is 18.1 Å². The molecule has 138 valence electrons. The lowest BCUT2D eigenvalue weighted by atomic mass is 10.0. The third-order valence-electron chi connectivity index (χ3n) is 4.37. The van der Waals surface area contributed by atoms with E-state index < -0.39 is 0 Å². The quantitative estimate of drug-likeness (QED) is 0.578. The van der Waals surface area contributed by atoms with Crippen LogP contribution in [0.3, 0.4) is 0 Å². The van der Waals surface area contributed by atoms with E-state index in [2.05, 4.69) is 20.4 Å². The van der Waals surface area contributed by atoms with Gasteiger partial charge in [0.05, 0.1) is 33.9 Å². The summed E-state index contributed by atoms with van der Waals surface area (Å²) in [6.07, 6.45) is 3.62. The molecule has 0 aliphatic carbocycles. The largest absolute Gasteiger partial charge is 0.346 e. The van der Waals surface area contributed by atoms with Crippen LogP contribution in [0.5, 0.6) is 0 Å². The fourth-order valence-corrected chi connectivity index (χ4v) is 3.13. The van der Waals surface area contributed by atoms with E-state index in [4.69, 9.17) is 16.1 Å². The van der Waals surface area contributed by atoms with Crippen LogP contribution in [0.2, 0.25) is 5.02 Å². The Hall–Kier alpha value is -2.93. The second kappa shape index (κ2) is 6.66. The van der Waals surface area contributed by atoms with Gasteiger partial charge in [0.2, 0.25) is 0 Å². The Bertz CT molecular complexity index is 1160. The molecule has 1 amide bonds. The van der Waals surface area contributed by atoms with Gasteiger partial charge in [-0.2, -0.15) is 0 Å². The third-order valence-corrected chi connectivity index (χ3v) is 4.59. The number of rotatable bonds is 4. The van der Waals surface area contributed by atoms with Gasteiger partial charge in [-0.05, 0) is 31.0 Å². The Morgan fingerprint density at radius 3 is 2.89 bits per heavy atom. The van der Waals surface area contributed by atoms with Crippen molar-refractivity contribution < 1.29 is 9.32 Å². The van der Waals surface area contributed by atoms with Gasteiger partial charge in [0.25, 0.3) is 11.6 Å². The van der Waals surface area contributed by atoms with E-state index in [1.54, 1.807) is 25.3 Å². The standard InChI is InChI=1S/C19H18ClN5O2/c1-10(2)15-6-14(17-11(3)24-27-19(17)23-15)18(26)21-7-13-9-25-8-12(20)4-5-16(25)22-13/h4-6,8-10H,7H2,1-3H3,(H,21,26). The lowest BCUT2D eigenvalue weighted by Gasteiger charge is -2.09. The molecule has 0 aromatic carbocycles. The van der Waals surface area contributed by atoms with Gasteiger partial charge in [-0.25, -0.2) is 9.97 Å². The summed E-state index contributed by atoms with van der Waals surface area (Å²) < 4.78 is 7.10. The second-order valence-corrected chi connectivity index (χ2v) is 7.16. The molecule has 0 radical (unpaired) electrons. The van der Waals surface area contributed by atoms with Crippen LogP contribution in [0.4, 0.5) is 0 Å². The lowest BCUT2D eigenvalue weighted by molar-refractivity contribution is 0.0952. The first kappa shape index (κ1) is 17.5. The zero-order valence-electron chi connectivity index (χ0n) is 15.2. The van der Waals surface area contributed by atoms with Crippen molar-refractivity contribution in [3.8, 4) is 0 Å². The highest BCUT2D eigenvalue weighted by molar-refractivity contribution is 6.30. The van der Waals surface area contributed by atoms with Crippen LogP contribution in [0.25, 0.3) is 16.7 Å². The number of carbonyl (C=O) groups is 1. The molecule has 0 aliphatic rings. The van der Waals surface area contributed by atoms with Crippen molar-refractivity contribution in [2.45, 2.75) is 33.2 Å². The Labute approximate surface area is 160 Å². The Morgan fingerprint density at radius 1 is 1.30 bits per heavy atom. The van der Waals surface area contributed by atoms with Gasteiger partial charge in [-0.15, -0.1) is 0 Å². The minimum absolute atomic E-state index is 0.162. The highest BCUT2D eigenvalue weighted by Gasteiger charge is 2.19. The van der Waals surface area contributed by atoms with Crippen molar-refractivity contribution in [2.24, 2.45) is 0 Å². The van der Waals surface area contributed by atoms with E-state index in [1.165, 1.54) is 0 Å². The van der Waals surface area contributed by atoms with Gasteiger partial charge in [-0.3, -0.25) is 4.79 Å². The van der Waals surface area contributed by atoms with Crippen LogP contribution >= 0.6 is 11.6 Å². The van der Waals surface area contributed by atoms with Crippen molar-refractivity contribution in [3.63, 3.8) is 0 Å². The van der Waals surface area contributed by atoms with E-state index in [0.29, 0.717) is 33.9 Å². The Kier molecular flexibility index (Phi) is 4.31. The molecule has 0 saturated heterocycles. The summed E-state index contributed by atoms with van der Waals surface area (Å²) in [5.74, 6) is -0.0553. The molecule has 0 fully saturated rings. The van der Waals surface area contributed by atoms with Crippen LogP contribution < -0.4 is 5.32 Å². The molecule has 4 heterocycles. The number of nitrogens with one attached hydrogen (secondary N) is 1. The number of amides is 1. The maximum atomic E-state index is 12.9. The minimum atomic E-state index is -0.217. The van der Waals surface area contributed by atoms with Crippen LogP contribution in [-0.2, 0) is 6.54 Å². The topological polar surface area (TPSA) is 85.3 Å². The van der Waals surface area contributed by atoms with E-state index in [0.717, 1.165) is 17.0 Å². The predicted molar refractivity (Wildman–Crippen MR) is 102 cm³/mol. The molecular weight excluding hydrogens is 366 g/mol. The van der Waals surface area contributed by atoms with Gasteiger partial charge in [-0.1, -0.05) is 30.6 Å². The van der Waals surface area contributed by atoms with Crippen molar-refractivity contribution in [1.82, 2.24) is 24.8 Å². The molecule has 8 heteroatoms. The molecule has 0 bridgehead atoms. The number of pyridine rings is 2. The maximum absolute atomic E-state index is 12.9. The van der Waals surface area contributed by atoms with Gasteiger partial charge in [0.1, 0.15) is 5.65 Å². The molecule has 0 spiro atoms. The molecule has 4 aromatic heterocycles. The molecule has 7 nitrogen and oxygen atoms in total. The number of nitrogens with zero attached hydrogens (tertiary/aromatic N) is 4. The summed E-state index contributed by atoms with van der Waals surface area (Å²) in [5, 5.41) is 8.13. The smallest absolute Gasteiger partial charge is 0.259 e. The summed E-state index contributed by atoms with van der Waals surface area (Å²) in [5.41, 5.74) is 3.82. The number of aryl methyl sites for hydroxylation is 1.